The SMILES string of the molecule is CCC1(CC)c2ccccc2-c2ccc(-c3c4cc(F)c(F)cc4c(-c4ccc5c(c4)C(CC)(CC)c4ccccc4-5)c4cc(F)c(F)cc34)cc21. The van der Waals surface area contributed by atoms with Crippen molar-refractivity contribution < 1.29 is 17.6 Å². The van der Waals surface area contributed by atoms with Gasteiger partial charge in [-0.05, 0) is 150 Å². The summed E-state index contributed by atoms with van der Waals surface area (Å²) < 4.78 is 61.9. The monoisotopic (exact) mass is 690 g/mol. The molecule has 0 heterocycles. The van der Waals surface area contributed by atoms with Crippen LogP contribution in [0.2, 0.25) is 0 Å². The molecule has 0 N–H and O–H groups in total. The van der Waals surface area contributed by atoms with Gasteiger partial charge in [0.15, 0.2) is 23.3 Å². The zero-order chi connectivity index (χ0) is 36.1. The minimum Gasteiger partial charge on any atom is -0.204 e. The molecule has 0 unspecified atom stereocenters. The summed E-state index contributed by atoms with van der Waals surface area (Å²) in [5.41, 5.74) is 11.6. The predicted octanol–water partition coefficient (Wildman–Crippen LogP) is 14.1. The van der Waals surface area contributed by atoms with E-state index >= 15 is 17.6 Å². The van der Waals surface area contributed by atoms with Gasteiger partial charge in [0.25, 0.3) is 0 Å². The van der Waals surface area contributed by atoms with Crippen LogP contribution in [-0.4, -0.2) is 0 Å². The van der Waals surface area contributed by atoms with E-state index in [4.69, 9.17) is 0 Å². The molecule has 2 aliphatic rings. The third-order valence-corrected chi connectivity index (χ3v) is 12.7. The second-order valence-electron chi connectivity index (χ2n) is 14.6. The summed E-state index contributed by atoms with van der Waals surface area (Å²) in [4.78, 5) is 0. The lowest BCUT2D eigenvalue weighted by atomic mass is 9.73. The Hall–Kier alpha value is -5.22. The van der Waals surface area contributed by atoms with Crippen LogP contribution in [0.5, 0.6) is 0 Å². The first-order chi connectivity index (χ1) is 25.2. The number of rotatable bonds is 6. The molecule has 7 aromatic rings. The molecular formula is C48H38F4. The van der Waals surface area contributed by atoms with Crippen LogP contribution in [0.1, 0.15) is 75.6 Å². The molecule has 0 atom stereocenters. The van der Waals surface area contributed by atoms with Crippen LogP contribution in [0.4, 0.5) is 17.6 Å². The van der Waals surface area contributed by atoms with Gasteiger partial charge in [-0.2, -0.15) is 0 Å². The number of hydrogen-bond acceptors (Lipinski definition) is 0. The van der Waals surface area contributed by atoms with Crippen molar-refractivity contribution in [3.05, 3.63) is 155 Å². The number of benzene rings is 7. The first-order valence-corrected chi connectivity index (χ1v) is 18.4. The zero-order valence-electron chi connectivity index (χ0n) is 29.7. The fourth-order valence-corrected chi connectivity index (χ4v) is 10.1. The van der Waals surface area contributed by atoms with E-state index in [2.05, 4.69) is 100 Å². The van der Waals surface area contributed by atoms with Gasteiger partial charge in [0.05, 0.1) is 0 Å². The van der Waals surface area contributed by atoms with Crippen molar-refractivity contribution in [2.24, 2.45) is 0 Å². The maximum Gasteiger partial charge on any atom is 0.159 e. The second-order valence-corrected chi connectivity index (χ2v) is 14.6. The van der Waals surface area contributed by atoms with Crippen molar-refractivity contribution in [1.82, 2.24) is 0 Å². The highest BCUT2D eigenvalue weighted by Crippen LogP contribution is 2.56. The quantitative estimate of drug-likeness (QED) is 0.120. The smallest absolute Gasteiger partial charge is 0.159 e. The molecule has 0 radical (unpaired) electrons. The van der Waals surface area contributed by atoms with E-state index in [0.29, 0.717) is 32.7 Å². The Labute approximate surface area is 301 Å². The van der Waals surface area contributed by atoms with Crippen LogP contribution >= 0.6 is 0 Å². The molecule has 0 aromatic heterocycles. The fourth-order valence-electron chi connectivity index (χ4n) is 10.1. The van der Waals surface area contributed by atoms with E-state index < -0.39 is 23.3 Å². The van der Waals surface area contributed by atoms with Crippen LogP contribution in [0.3, 0.4) is 0 Å². The van der Waals surface area contributed by atoms with Gasteiger partial charge in [0, 0.05) is 10.8 Å². The highest BCUT2D eigenvalue weighted by Gasteiger charge is 2.42. The lowest BCUT2D eigenvalue weighted by Crippen LogP contribution is -2.23. The van der Waals surface area contributed by atoms with Crippen molar-refractivity contribution >= 4 is 21.5 Å². The molecule has 7 aromatic carbocycles. The third kappa shape index (κ3) is 4.21. The molecule has 0 bridgehead atoms. The first-order valence-electron chi connectivity index (χ1n) is 18.4. The molecule has 258 valence electrons. The van der Waals surface area contributed by atoms with Gasteiger partial charge in [-0.15, -0.1) is 0 Å². The molecule has 0 fully saturated rings. The molecule has 0 aliphatic heterocycles. The van der Waals surface area contributed by atoms with Gasteiger partial charge in [0.1, 0.15) is 0 Å². The first kappa shape index (κ1) is 32.7. The Balaban J connectivity index is 1.38. The molecule has 2 aliphatic carbocycles. The maximum absolute atomic E-state index is 15.5. The van der Waals surface area contributed by atoms with Crippen LogP contribution in [0, 0.1) is 23.3 Å². The zero-order valence-corrected chi connectivity index (χ0v) is 29.7. The summed E-state index contributed by atoms with van der Waals surface area (Å²) in [5.74, 6) is -3.97. The summed E-state index contributed by atoms with van der Waals surface area (Å²) in [7, 11) is 0. The molecule has 0 amide bonds. The highest BCUT2D eigenvalue weighted by molar-refractivity contribution is 6.21. The van der Waals surface area contributed by atoms with Gasteiger partial charge in [-0.3, -0.25) is 0 Å². The normalized spacial score (nSPS) is 14.8. The van der Waals surface area contributed by atoms with E-state index in [0.717, 1.165) is 59.1 Å². The van der Waals surface area contributed by atoms with Crippen molar-refractivity contribution in [1.29, 1.82) is 0 Å². The lowest BCUT2D eigenvalue weighted by Gasteiger charge is -2.30. The van der Waals surface area contributed by atoms with Gasteiger partial charge in [-0.25, -0.2) is 17.6 Å². The summed E-state index contributed by atoms with van der Waals surface area (Å²) in [6.07, 6.45) is 3.49. The Morgan fingerprint density at radius 3 is 1.00 bits per heavy atom. The molecule has 4 heteroatoms. The maximum atomic E-state index is 15.5. The van der Waals surface area contributed by atoms with Crippen molar-refractivity contribution in [2.75, 3.05) is 0 Å². The molecule has 0 saturated heterocycles. The molecule has 0 saturated carbocycles. The molecular weight excluding hydrogens is 653 g/mol. The summed E-state index contributed by atoms with van der Waals surface area (Å²) in [5, 5.41) is 1.79. The van der Waals surface area contributed by atoms with Crippen molar-refractivity contribution in [3.63, 3.8) is 0 Å². The second kappa shape index (κ2) is 11.6. The van der Waals surface area contributed by atoms with Crippen LogP contribution in [-0.2, 0) is 10.8 Å². The van der Waals surface area contributed by atoms with Crippen LogP contribution < -0.4 is 0 Å². The standard InChI is InChI=1S/C48H38F4/c1-5-47(6-2)37-15-11-9-13-29(37)31-19-17-27(21-39(31)47)45-33-23-41(49)43(51)25-35(33)46(36-26-44(52)42(50)24-34(36)45)28-18-20-32-30-14-10-12-16-38(30)48(7-3,8-4)40(32)22-28/h9-26H,5-8H2,1-4H3. The Bertz CT molecular complexity index is 2370. The topological polar surface area (TPSA) is 0 Å². The molecule has 0 nitrogen and oxygen atoms in total. The van der Waals surface area contributed by atoms with Crippen LogP contribution in [0.25, 0.3) is 66.1 Å². The highest BCUT2D eigenvalue weighted by atomic mass is 19.2. The minimum atomic E-state index is -0.993. The summed E-state index contributed by atoms with van der Waals surface area (Å²) in [6.45, 7) is 8.77. The Morgan fingerprint density at radius 2 is 0.673 bits per heavy atom. The Kier molecular flexibility index (Phi) is 7.32. The van der Waals surface area contributed by atoms with Gasteiger partial charge < -0.3 is 0 Å². The number of hydrogen-bond donors (Lipinski definition) is 0. The van der Waals surface area contributed by atoms with Crippen LogP contribution in [0.15, 0.2) is 109 Å². The number of fused-ring (bicyclic) bond motifs is 8. The van der Waals surface area contributed by atoms with Crippen molar-refractivity contribution in [3.8, 4) is 44.5 Å². The van der Waals surface area contributed by atoms with E-state index in [9.17, 15) is 0 Å². The molecule has 52 heavy (non-hydrogen) atoms. The van der Waals surface area contributed by atoms with E-state index in [1.807, 2.05) is 12.1 Å². The lowest BCUT2D eigenvalue weighted by molar-refractivity contribution is 0.490. The van der Waals surface area contributed by atoms with E-state index in [1.165, 1.54) is 46.5 Å². The van der Waals surface area contributed by atoms with E-state index in [1.54, 1.807) is 0 Å². The largest absolute Gasteiger partial charge is 0.204 e. The van der Waals surface area contributed by atoms with Crippen molar-refractivity contribution in [2.45, 2.75) is 64.2 Å². The average molecular weight is 691 g/mol. The number of halogens is 4. The predicted molar refractivity (Wildman–Crippen MR) is 206 cm³/mol. The van der Waals surface area contributed by atoms with Gasteiger partial charge in [-0.1, -0.05) is 100 Å². The summed E-state index contributed by atoms with van der Waals surface area (Å²) >= 11 is 0. The molecule has 0 spiro atoms. The minimum absolute atomic E-state index is 0.241. The molecule has 9 rings (SSSR count). The fraction of sp³-hybridized carbons (Fsp3) is 0.208. The Morgan fingerprint density at radius 1 is 0.365 bits per heavy atom. The average Bonchev–Trinajstić information content (AvgIpc) is 3.61. The van der Waals surface area contributed by atoms with E-state index in [-0.39, 0.29) is 10.8 Å². The third-order valence-electron chi connectivity index (χ3n) is 12.7. The van der Waals surface area contributed by atoms with Gasteiger partial charge >= 0.3 is 0 Å². The van der Waals surface area contributed by atoms with Gasteiger partial charge in [0.2, 0.25) is 0 Å². The summed E-state index contributed by atoms with van der Waals surface area (Å²) in [6, 6.07) is 34.3.